The van der Waals surface area contributed by atoms with Crippen molar-refractivity contribution in [1.82, 2.24) is 10.6 Å². The number of hydrogen-bond donors (Lipinski definition) is 3. The first-order valence-electron chi connectivity index (χ1n) is 11.3. The average molecular weight is 469 g/mol. The summed E-state index contributed by atoms with van der Waals surface area (Å²) >= 11 is 0. The molecule has 0 saturated heterocycles. The zero-order chi connectivity index (χ0) is 24.9. The second-order valence-electron chi connectivity index (χ2n) is 9.62. The molecule has 0 bridgehead atoms. The minimum atomic E-state index is -1.54. The number of rotatable bonds is 8. The maximum Gasteiger partial charge on any atom is 0.408 e. The molecule has 1 aliphatic rings. The molecule has 0 fully saturated rings. The van der Waals surface area contributed by atoms with Crippen molar-refractivity contribution in [3.05, 3.63) is 59.7 Å². The molecule has 3 rings (SSSR count). The number of carbonyl (C=O) groups is 3. The molecule has 34 heavy (non-hydrogen) atoms. The summed E-state index contributed by atoms with van der Waals surface area (Å²) < 4.78 is 10.6. The first-order chi connectivity index (χ1) is 16.0. The number of carboxylic acid groups (broad SMARTS) is 1. The van der Waals surface area contributed by atoms with Crippen molar-refractivity contribution < 1.29 is 29.0 Å². The smallest absolute Gasteiger partial charge is 0.408 e. The fraction of sp³-hybridized carbons (Fsp3) is 0.423. The van der Waals surface area contributed by atoms with Crippen molar-refractivity contribution in [3.63, 3.8) is 0 Å². The minimum Gasteiger partial charge on any atom is -0.480 e. The maximum atomic E-state index is 12.6. The van der Waals surface area contributed by atoms with Crippen LogP contribution in [-0.4, -0.2) is 47.6 Å². The third-order valence-electron chi connectivity index (χ3n) is 5.72. The molecule has 2 amide bonds. The molecule has 0 saturated carbocycles. The molecule has 0 spiro atoms. The molecule has 0 aromatic heterocycles. The van der Waals surface area contributed by atoms with Crippen molar-refractivity contribution in [2.45, 2.75) is 57.6 Å². The first kappa shape index (κ1) is 25.1. The number of benzene rings is 2. The van der Waals surface area contributed by atoms with Crippen molar-refractivity contribution in [3.8, 4) is 11.1 Å². The van der Waals surface area contributed by atoms with Crippen LogP contribution in [0, 0.1) is 0 Å². The molecule has 0 heterocycles. The van der Waals surface area contributed by atoms with Crippen LogP contribution < -0.4 is 10.6 Å². The van der Waals surface area contributed by atoms with Gasteiger partial charge in [0.1, 0.15) is 17.7 Å². The molecule has 2 aromatic carbocycles. The van der Waals surface area contributed by atoms with E-state index >= 15 is 0 Å². The van der Waals surface area contributed by atoms with E-state index in [1.807, 2.05) is 48.5 Å². The molecular weight excluding hydrogens is 436 g/mol. The number of fused-ring (bicyclic) bond motifs is 3. The molecule has 1 atom stereocenters. The van der Waals surface area contributed by atoms with Crippen LogP contribution in [-0.2, 0) is 14.3 Å². The van der Waals surface area contributed by atoms with Gasteiger partial charge in [-0.3, -0.25) is 0 Å². The fourth-order valence-corrected chi connectivity index (χ4v) is 4.03. The Hall–Kier alpha value is -3.55. The van der Waals surface area contributed by atoms with E-state index in [9.17, 15) is 19.5 Å². The van der Waals surface area contributed by atoms with Crippen LogP contribution in [0.15, 0.2) is 48.5 Å². The van der Waals surface area contributed by atoms with Gasteiger partial charge in [-0.05, 0) is 62.8 Å². The Bertz CT molecular complexity index is 1020. The van der Waals surface area contributed by atoms with Crippen molar-refractivity contribution in [2.75, 3.05) is 13.2 Å². The standard InChI is InChI=1S/C26H32N2O6/c1-25(2,3)34-23(31)27-15-9-14-26(4,22(29)30)28-24(32)33-16-21-19-12-7-5-10-17(19)18-11-6-8-13-20(18)21/h5-8,10-13,21H,9,14-16H2,1-4H3,(H,27,31)(H,28,32)(H,29,30)/t26-/m0/s1. The number of aliphatic carboxylic acids is 1. The monoisotopic (exact) mass is 468 g/mol. The normalized spacial score (nSPS) is 14.4. The van der Waals surface area contributed by atoms with Crippen LogP contribution in [0.1, 0.15) is 57.6 Å². The summed E-state index contributed by atoms with van der Waals surface area (Å²) in [6.07, 6.45) is -0.950. The van der Waals surface area contributed by atoms with Gasteiger partial charge >= 0.3 is 18.2 Å². The van der Waals surface area contributed by atoms with E-state index in [-0.39, 0.29) is 25.5 Å². The van der Waals surface area contributed by atoms with Gasteiger partial charge in [-0.15, -0.1) is 0 Å². The Balaban J connectivity index is 1.55. The molecule has 0 radical (unpaired) electrons. The average Bonchev–Trinajstić information content (AvgIpc) is 3.08. The van der Waals surface area contributed by atoms with E-state index in [4.69, 9.17) is 9.47 Å². The van der Waals surface area contributed by atoms with E-state index in [0.717, 1.165) is 22.3 Å². The summed E-state index contributed by atoms with van der Waals surface area (Å²) in [5.74, 6) is -1.30. The Morgan fingerprint density at radius 3 is 2.00 bits per heavy atom. The fourth-order valence-electron chi connectivity index (χ4n) is 4.03. The van der Waals surface area contributed by atoms with Crippen molar-refractivity contribution >= 4 is 18.2 Å². The van der Waals surface area contributed by atoms with E-state index in [1.54, 1.807) is 20.8 Å². The quantitative estimate of drug-likeness (QED) is 0.485. The summed E-state index contributed by atoms with van der Waals surface area (Å²) in [4.78, 5) is 36.2. The van der Waals surface area contributed by atoms with Crippen LogP contribution in [0.5, 0.6) is 0 Å². The zero-order valence-electron chi connectivity index (χ0n) is 20.0. The topological polar surface area (TPSA) is 114 Å². The van der Waals surface area contributed by atoms with Crippen LogP contribution >= 0.6 is 0 Å². The van der Waals surface area contributed by atoms with Gasteiger partial charge < -0.3 is 25.2 Å². The van der Waals surface area contributed by atoms with Crippen molar-refractivity contribution in [2.24, 2.45) is 0 Å². The second-order valence-corrected chi connectivity index (χ2v) is 9.62. The number of nitrogens with one attached hydrogen (secondary N) is 2. The Morgan fingerprint density at radius 1 is 0.912 bits per heavy atom. The van der Waals surface area contributed by atoms with Gasteiger partial charge in [0.25, 0.3) is 0 Å². The van der Waals surface area contributed by atoms with Crippen LogP contribution in [0.25, 0.3) is 11.1 Å². The van der Waals surface area contributed by atoms with E-state index in [0.29, 0.717) is 6.42 Å². The maximum absolute atomic E-state index is 12.6. The van der Waals surface area contributed by atoms with Gasteiger partial charge in [-0.2, -0.15) is 0 Å². The third-order valence-corrected chi connectivity index (χ3v) is 5.72. The van der Waals surface area contributed by atoms with Gasteiger partial charge in [0.15, 0.2) is 0 Å². The van der Waals surface area contributed by atoms with Gasteiger partial charge in [0, 0.05) is 12.5 Å². The first-order valence-corrected chi connectivity index (χ1v) is 11.3. The van der Waals surface area contributed by atoms with E-state index < -0.39 is 29.3 Å². The molecule has 8 heteroatoms. The SMILES string of the molecule is CC(C)(C)OC(=O)NCCC[C@](C)(NC(=O)OCC1c2ccccc2-c2ccccc21)C(=O)O. The number of amides is 2. The molecule has 8 nitrogen and oxygen atoms in total. The van der Waals surface area contributed by atoms with Gasteiger partial charge in [0.2, 0.25) is 0 Å². The largest absolute Gasteiger partial charge is 0.480 e. The predicted octanol–water partition coefficient (Wildman–Crippen LogP) is 4.67. The lowest BCUT2D eigenvalue weighted by molar-refractivity contribution is -0.144. The number of carbonyl (C=O) groups excluding carboxylic acids is 2. The van der Waals surface area contributed by atoms with Gasteiger partial charge in [0.05, 0.1) is 0 Å². The Morgan fingerprint density at radius 2 is 1.47 bits per heavy atom. The number of hydrogen-bond acceptors (Lipinski definition) is 5. The number of alkyl carbamates (subject to hydrolysis) is 2. The molecule has 0 unspecified atom stereocenters. The predicted molar refractivity (Wildman–Crippen MR) is 128 cm³/mol. The zero-order valence-corrected chi connectivity index (χ0v) is 20.0. The second kappa shape index (κ2) is 10.2. The lowest BCUT2D eigenvalue weighted by Gasteiger charge is -2.26. The van der Waals surface area contributed by atoms with Crippen molar-refractivity contribution in [1.29, 1.82) is 0 Å². The lowest BCUT2D eigenvalue weighted by Crippen LogP contribution is -2.52. The molecule has 2 aromatic rings. The number of carboxylic acids is 1. The molecular formula is C26H32N2O6. The van der Waals surface area contributed by atoms with E-state index in [2.05, 4.69) is 10.6 Å². The number of ether oxygens (including phenoxy) is 2. The Kier molecular flexibility index (Phi) is 7.49. The summed E-state index contributed by atoms with van der Waals surface area (Å²) in [6.45, 7) is 7.00. The minimum absolute atomic E-state index is 0.0930. The van der Waals surface area contributed by atoms with Crippen LogP contribution in [0.3, 0.4) is 0 Å². The summed E-state index contributed by atoms with van der Waals surface area (Å²) in [5.41, 5.74) is 2.21. The molecule has 182 valence electrons. The van der Waals surface area contributed by atoms with Gasteiger partial charge in [-0.25, -0.2) is 14.4 Å². The third kappa shape index (κ3) is 6.07. The lowest BCUT2D eigenvalue weighted by atomic mass is 9.96. The highest BCUT2D eigenvalue weighted by molar-refractivity contribution is 5.84. The molecule has 1 aliphatic carbocycles. The van der Waals surface area contributed by atoms with Gasteiger partial charge in [-0.1, -0.05) is 48.5 Å². The highest BCUT2D eigenvalue weighted by atomic mass is 16.6. The van der Waals surface area contributed by atoms with E-state index in [1.165, 1.54) is 6.92 Å². The summed E-state index contributed by atoms with van der Waals surface area (Å²) in [5, 5.41) is 14.8. The van der Waals surface area contributed by atoms with Crippen LogP contribution in [0.2, 0.25) is 0 Å². The Labute approximate surface area is 199 Å². The molecule has 0 aliphatic heterocycles. The highest BCUT2D eigenvalue weighted by Crippen LogP contribution is 2.44. The summed E-state index contributed by atoms with van der Waals surface area (Å²) in [7, 11) is 0. The van der Waals surface area contributed by atoms with Crippen LogP contribution in [0.4, 0.5) is 9.59 Å². The summed E-state index contributed by atoms with van der Waals surface area (Å²) in [6, 6.07) is 16.0. The highest BCUT2D eigenvalue weighted by Gasteiger charge is 2.36. The molecule has 3 N–H and O–H groups in total.